The predicted octanol–water partition coefficient (Wildman–Crippen LogP) is 10.6. The number of para-hydroxylation sites is 3. The third kappa shape index (κ3) is 4.86. The molecule has 246 valence electrons. The Morgan fingerprint density at radius 1 is 0.385 bits per heavy atom. The molecule has 52 heavy (non-hydrogen) atoms. The van der Waals surface area contributed by atoms with E-state index < -0.39 is 10.8 Å². The van der Waals surface area contributed by atoms with Crippen LogP contribution >= 0.6 is 0 Å². The molecule has 6 nitrogen and oxygen atoms in total. The van der Waals surface area contributed by atoms with Gasteiger partial charge in [0.15, 0.2) is 11.6 Å². The van der Waals surface area contributed by atoms with Crippen molar-refractivity contribution in [3.63, 3.8) is 0 Å². The summed E-state index contributed by atoms with van der Waals surface area (Å²) in [5.41, 5.74) is 6.99. The molecule has 1 unspecified atom stereocenters. The summed E-state index contributed by atoms with van der Waals surface area (Å²) in [5, 5.41) is 4.55. The van der Waals surface area contributed by atoms with Crippen LogP contribution in [0.2, 0.25) is 0 Å². The van der Waals surface area contributed by atoms with Crippen LogP contribution in [-0.2, 0) is 10.8 Å². The Hall–Kier alpha value is -6.70. The fraction of sp³-hybridized carbons (Fsp3) is 0. The lowest BCUT2D eigenvalue weighted by Gasteiger charge is -2.13. The molecule has 0 bridgehead atoms. The Kier molecular flexibility index (Phi) is 7.11. The number of hydrogen-bond acceptors (Lipinski definition) is 4. The van der Waals surface area contributed by atoms with Gasteiger partial charge in [-0.05, 0) is 60.7 Å². The molecule has 0 aliphatic carbocycles. The molecule has 3 heterocycles. The summed E-state index contributed by atoms with van der Waals surface area (Å²) in [7, 11) is -1.30. The Morgan fingerprint density at radius 2 is 0.846 bits per heavy atom. The van der Waals surface area contributed by atoms with E-state index in [0.717, 1.165) is 59.9 Å². The molecule has 7 aromatic carbocycles. The fourth-order valence-corrected chi connectivity index (χ4v) is 8.33. The van der Waals surface area contributed by atoms with Gasteiger partial charge in [-0.1, -0.05) is 115 Å². The number of fused-ring (bicyclic) bond motifs is 7. The second-order valence-corrected chi connectivity index (χ2v) is 14.1. The summed E-state index contributed by atoms with van der Waals surface area (Å²) in [4.78, 5) is 16.9. The van der Waals surface area contributed by atoms with Crippen LogP contribution in [0.15, 0.2) is 186 Å². The lowest BCUT2D eigenvalue weighted by molar-refractivity contribution is 0.683. The lowest BCUT2D eigenvalue weighted by Crippen LogP contribution is -2.07. The molecule has 0 spiro atoms. The molecule has 0 aliphatic rings. The average Bonchev–Trinajstić information content (AvgIpc) is 3.75. The van der Waals surface area contributed by atoms with Crippen molar-refractivity contribution in [3.8, 4) is 34.4 Å². The highest BCUT2D eigenvalue weighted by molar-refractivity contribution is 7.85. The van der Waals surface area contributed by atoms with Crippen molar-refractivity contribution in [2.45, 2.75) is 9.79 Å². The van der Waals surface area contributed by atoms with E-state index in [1.807, 2.05) is 91.0 Å². The minimum atomic E-state index is -1.30. The molecule has 3 aromatic heterocycles. The fourth-order valence-electron chi connectivity index (χ4n) is 7.27. The van der Waals surface area contributed by atoms with E-state index in [4.69, 9.17) is 15.0 Å². The van der Waals surface area contributed by atoms with Crippen molar-refractivity contribution >= 4 is 54.4 Å². The van der Waals surface area contributed by atoms with Crippen LogP contribution in [0.25, 0.3) is 78.0 Å². The van der Waals surface area contributed by atoms with Crippen LogP contribution in [-0.4, -0.2) is 28.3 Å². The molecule has 10 aromatic rings. The third-order valence-corrected chi connectivity index (χ3v) is 11.0. The summed E-state index contributed by atoms with van der Waals surface area (Å²) in [6.45, 7) is 0. The minimum absolute atomic E-state index is 0.518. The third-order valence-electron chi connectivity index (χ3n) is 9.62. The van der Waals surface area contributed by atoms with Crippen molar-refractivity contribution < 1.29 is 4.21 Å². The summed E-state index contributed by atoms with van der Waals surface area (Å²) < 4.78 is 17.9. The molecular formula is C45H29N5OS. The average molecular weight is 688 g/mol. The first kappa shape index (κ1) is 30.2. The van der Waals surface area contributed by atoms with Crippen molar-refractivity contribution in [3.05, 3.63) is 176 Å². The Morgan fingerprint density at radius 3 is 1.46 bits per heavy atom. The standard InChI is InChI=1S/C45H29N5OS/c51-52(33-18-8-3-9-19-33)34-26-24-31(25-27-34)44-46-43(30-14-4-1-5-15-30)47-45(48-44)50-40-23-13-11-21-36(40)38-29-28-37-35-20-10-12-22-39(35)49(41(37)42(38)50)32-16-6-2-7-17-32/h1-29H. The number of aromatic nitrogens is 5. The number of hydrogen-bond donors (Lipinski definition) is 0. The van der Waals surface area contributed by atoms with E-state index in [2.05, 4.69) is 94.1 Å². The summed E-state index contributed by atoms with van der Waals surface area (Å²) in [6.07, 6.45) is 0. The molecule has 1 atom stereocenters. The number of benzene rings is 7. The monoisotopic (exact) mass is 687 g/mol. The second kappa shape index (κ2) is 12.3. The van der Waals surface area contributed by atoms with Gasteiger partial charge in [-0.15, -0.1) is 0 Å². The normalized spacial score (nSPS) is 12.2. The first-order valence-electron chi connectivity index (χ1n) is 17.1. The van der Waals surface area contributed by atoms with Gasteiger partial charge in [0.25, 0.3) is 0 Å². The predicted molar refractivity (Wildman–Crippen MR) is 210 cm³/mol. The molecule has 0 saturated carbocycles. The molecule has 0 N–H and O–H groups in total. The Bertz CT molecular complexity index is 2960. The van der Waals surface area contributed by atoms with Gasteiger partial charge in [0.2, 0.25) is 5.95 Å². The quantitative estimate of drug-likeness (QED) is 0.175. The topological polar surface area (TPSA) is 65.6 Å². The second-order valence-electron chi connectivity index (χ2n) is 12.7. The van der Waals surface area contributed by atoms with Crippen LogP contribution in [0.4, 0.5) is 0 Å². The first-order valence-corrected chi connectivity index (χ1v) is 18.3. The molecule has 0 radical (unpaired) electrons. The van der Waals surface area contributed by atoms with E-state index in [1.165, 1.54) is 5.39 Å². The van der Waals surface area contributed by atoms with Crippen molar-refractivity contribution in [2.75, 3.05) is 0 Å². The molecule has 7 heteroatoms. The zero-order valence-electron chi connectivity index (χ0n) is 27.8. The lowest BCUT2D eigenvalue weighted by atomic mass is 10.1. The number of rotatable bonds is 6. The Balaban J connectivity index is 1.27. The maximum Gasteiger partial charge on any atom is 0.238 e. The maximum absolute atomic E-state index is 13.4. The summed E-state index contributed by atoms with van der Waals surface area (Å²) in [6, 6.07) is 59.2. The molecule has 0 amide bonds. The molecular weight excluding hydrogens is 659 g/mol. The van der Waals surface area contributed by atoms with Crippen LogP contribution in [0.3, 0.4) is 0 Å². The SMILES string of the molecule is O=S(c1ccccc1)c1ccc(-c2nc(-c3ccccc3)nc(-n3c4ccccc4c4ccc5c6ccccc6n(-c6ccccc6)c5c43)n2)cc1. The molecule has 10 rings (SSSR count). The molecule has 0 aliphatic heterocycles. The van der Waals surface area contributed by atoms with E-state index >= 15 is 0 Å². The van der Waals surface area contributed by atoms with E-state index in [1.54, 1.807) is 0 Å². The van der Waals surface area contributed by atoms with Gasteiger partial charge in [0.1, 0.15) is 0 Å². The highest BCUT2D eigenvalue weighted by Gasteiger charge is 2.23. The largest absolute Gasteiger partial charge is 0.307 e. The smallest absolute Gasteiger partial charge is 0.238 e. The van der Waals surface area contributed by atoms with Gasteiger partial charge in [-0.2, -0.15) is 9.97 Å². The zero-order chi connectivity index (χ0) is 34.6. The maximum atomic E-state index is 13.4. The molecule has 0 saturated heterocycles. The zero-order valence-corrected chi connectivity index (χ0v) is 28.6. The summed E-state index contributed by atoms with van der Waals surface area (Å²) >= 11 is 0. The van der Waals surface area contributed by atoms with Gasteiger partial charge in [-0.3, -0.25) is 4.57 Å². The minimum Gasteiger partial charge on any atom is -0.307 e. The van der Waals surface area contributed by atoms with Gasteiger partial charge in [0.05, 0.1) is 32.9 Å². The van der Waals surface area contributed by atoms with Gasteiger partial charge in [0, 0.05) is 48.2 Å². The van der Waals surface area contributed by atoms with E-state index in [0.29, 0.717) is 22.5 Å². The van der Waals surface area contributed by atoms with E-state index in [-0.39, 0.29) is 0 Å². The van der Waals surface area contributed by atoms with Crippen LogP contribution in [0.5, 0.6) is 0 Å². The Labute approximate surface area is 301 Å². The summed E-state index contributed by atoms with van der Waals surface area (Å²) in [5.74, 6) is 1.62. The van der Waals surface area contributed by atoms with E-state index in [9.17, 15) is 4.21 Å². The van der Waals surface area contributed by atoms with Gasteiger partial charge >= 0.3 is 0 Å². The van der Waals surface area contributed by atoms with Crippen LogP contribution in [0.1, 0.15) is 0 Å². The van der Waals surface area contributed by atoms with Crippen molar-refractivity contribution in [2.24, 2.45) is 0 Å². The van der Waals surface area contributed by atoms with Gasteiger partial charge < -0.3 is 4.57 Å². The van der Waals surface area contributed by atoms with Crippen LogP contribution in [0, 0.1) is 0 Å². The van der Waals surface area contributed by atoms with Gasteiger partial charge in [-0.25, -0.2) is 9.19 Å². The highest BCUT2D eigenvalue weighted by Crippen LogP contribution is 2.41. The van der Waals surface area contributed by atoms with Crippen molar-refractivity contribution in [1.29, 1.82) is 0 Å². The van der Waals surface area contributed by atoms with Crippen LogP contribution < -0.4 is 0 Å². The first-order chi connectivity index (χ1) is 25.7. The molecule has 0 fully saturated rings. The number of nitrogens with zero attached hydrogens (tertiary/aromatic N) is 5. The van der Waals surface area contributed by atoms with Crippen molar-refractivity contribution in [1.82, 2.24) is 24.1 Å². The highest BCUT2D eigenvalue weighted by atomic mass is 32.2.